The molecule has 0 saturated carbocycles. The quantitative estimate of drug-likeness (QED) is 0.714. The lowest BCUT2D eigenvalue weighted by Gasteiger charge is -2.19. The average molecular weight is 250 g/mol. The Morgan fingerprint density at radius 1 is 1.44 bits per heavy atom. The molecule has 1 amide bonds. The highest BCUT2D eigenvalue weighted by atomic mass is 16.3. The first kappa shape index (κ1) is 12.7. The Balaban J connectivity index is 2.16. The van der Waals surface area contributed by atoms with E-state index < -0.39 is 0 Å². The van der Waals surface area contributed by atoms with Gasteiger partial charge < -0.3 is 20.8 Å². The number of nitrogens with two attached hydrogens (primary N) is 1. The van der Waals surface area contributed by atoms with Gasteiger partial charge in [-0.05, 0) is 30.5 Å². The zero-order valence-electron chi connectivity index (χ0n) is 10.2. The summed E-state index contributed by atoms with van der Waals surface area (Å²) in [7, 11) is 0. The lowest BCUT2D eigenvalue weighted by molar-refractivity contribution is -0.121. The van der Waals surface area contributed by atoms with Crippen LogP contribution >= 0.6 is 0 Å². The first-order valence-electron chi connectivity index (χ1n) is 6.08. The number of anilines is 1. The van der Waals surface area contributed by atoms with E-state index in [1.165, 1.54) is 0 Å². The van der Waals surface area contributed by atoms with Crippen LogP contribution < -0.4 is 10.6 Å². The topological polar surface area (TPSA) is 86.8 Å². The molecule has 1 aliphatic heterocycles. The summed E-state index contributed by atoms with van der Waals surface area (Å²) in [5.41, 5.74) is 7.06. The van der Waals surface area contributed by atoms with E-state index in [1.54, 1.807) is 12.1 Å². The fourth-order valence-corrected chi connectivity index (χ4v) is 2.34. The molecule has 98 valence electrons. The van der Waals surface area contributed by atoms with Crippen LogP contribution in [0.15, 0.2) is 18.2 Å². The second-order valence-electron chi connectivity index (χ2n) is 4.67. The lowest BCUT2D eigenvalue weighted by Crippen LogP contribution is -2.27. The molecule has 1 fully saturated rings. The third-order valence-electron chi connectivity index (χ3n) is 3.32. The van der Waals surface area contributed by atoms with E-state index in [1.807, 2.05) is 11.0 Å². The maximum Gasteiger partial charge on any atom is 0.222 e. The van der Waals surface area contributed by atoms with Gasteiger partial charge in [-0.3, -0.25) is 4.79 Å². The fraction of sp³-hybridized carbons (Fsp3) is 0.462. The van der Waals surface area contributed by atoms with E-state index in [2.05, 4.69) is 0 Å². The highest BCUT2D eigenvalue weighted by molar-refractivity contribution is 5.78. The highest BCUT2D eigenvalue weighted by Crippen LogP contribution is 2.28. The summed E-state index contributed by atoms with van der Waals surface area (Å²) in [5.74, 6) is -0.208. The van der Waals surface area contributed by atoms with Gasteiger partial charge in [-0.15, -0.1) is 0 Å². The molecule has 1 heterocycles. The molecule has 1 atom stereocenters. The Morgan fingerprint density at radius 3 is 2.83 bits per heavy atom. The molecule has 5 heteroatoms. The molecule has 18 heavy (non-hydrogen) atoms. The van der Waals surface area contributed by atoms with Crippen molar-refractivity contribution in [1.82, 2.24) is 0 Å². The van der Waals surface area contributed by atoms with Crippen molar-refractivity contribution in [1.29, 1.82) is 0 Å². The van der Waals surface area contributed by atoms with Crippen LogP contribution in [0.1, 0.15) is 12.0 Å². The van der Waals surface area contributed by atoms with Crippen LogP contribution in [0.25, 0.3) is 0 Å². The molecule has 1 aromatic rings. The van der Waals surface area contributed by atoms with Crippen LogP contribution in [0.2, 0.25) is 0 Å². The molecule has 1 saturated heterocycles. The van der Waals surface area contributed by atoms with Crippen LogP contribution in [0.5, 0.6) is 5.75 Å². The number of amides is 1. The van der Waals surface area contributed by atoms with Gasteiger partial charge in [-0.1, -0.05) is 0 Å². The summed E-state index contributed by atoms with van der Waals surface area (Å²) < 4.78 is 0. The van der Waals surface area contributed by atoms with Crippen molar-refractivity contribution in [2.45, 2.75) is 12.8 Å². The predicted molar refractivity (Wildman–Crippen MR) is 68.4 cm³/mol. The zero-order valence-corrected chi connectivity index (χ0v) is 10.2. The van der Waals surface area contributed by atoms with Crippen molar-refractivity contribution in [3.8, 4) is 5.75 Å². The minimum Gasteiger partial charge on any atom is -0.508 e. The molecule has 0 aromatic heterocycles. The monoisotopic (exact) mass is 250 g/mol. The van der Waals surface area contributed by atoms with Gasteiger partial charge in [0.05, 0.1) is 5.92 Å². The van der Waals surface area contributed by atoms with E-state index in [0.29, 0.717) is 13.0 Å². The summed E-state index contributed by atoms with van der Waals surface area (Å²) in [5, 5.41) is 18.6. The van der Waals surface area contributed by atoms with E-state index >= 15 is 0 Å². The molecule has 1 unspecified atom stereocenters. The number of carbonyl (C=O) groups excluding carboxylic acids is 1. The number of hydrogen-bond donors (Lipinski definition) is 3. The molecule has 1 aliphatic rings. The highest BCUT2D eigenvalue weighted by Gasteiger charge is 2.26. The number of hydrogen-bond acceptors (Lipinski definition) is 4. The average Bonchev–Trinajstić information content (AvgIpc) is 2.78. The van der Waals surface area contributed by atoms with E-state index in [-0.39, 0.29) is 24.2 Å². The van der Waals surface area contributed by atoms with Crippen molar-refractivity contribution in [3.63, 3.8) is 0 Å². The summed E-state index contributed by atoms with van der Waals surface area (Å²) in [6, 6.07) is 5.24. The van der Waals surface area contributed by atoms with Crippen molar-refractivity contribution in [2.75, 3.05) is 24.6 Å². The normalized spacial score (nSPS) is 19.2. The van der Waals surface area contributed by atoms with Crippen molar-refractivity contribution < 1.29 is 15.0 Å². The molecule has 0 spiro atoms. The smallest absolute Gasteiger partial charge is 0.222 e. The van der Waals surface area contributed by atoms with Gasteiger partial charge in [-0.25, -0.2) is 0 Å². The second-order valence-corrected chi connectivity index (χ2v) is 4.67. The van der Waals surface area contributed by atoms with Crippen LogP contribution in [0.3, 0.4) is 0 Å². The molecule has 0 aliphatic carbocycles. The molecular formula is C13H18N2O3. The predicted octanol–water partition coefficient (Wildman–Crippen LogP) is 0.239. The second kappa shape index (κ2) is 5.27. The Bertz CT molecular complexity index is 448. The standard InChI is InChI=1S/C13H18N2O3/c14-13(18)10-1-3-15(8-10)11-5-9(2-4-16)6-12(17)7-11/h5-7,10,16-17H,1-4,8H2,(H2,14,18). The lowest BCUT2D eigenvalue weighted by atomic mass is 10.1. The van der Waals surface area contributed by atoms with Crippen LogP contribution in [0, 0.1) is 5.92 Å². The van der Waals surface area contributed by atoms with Crippen LogP contribution in [-0.4, -0.2) is 35.8 Å². The summed E-state index contributed by atoms with van der Waals surface area (Å²) >= 11 is 0. The van der Waals surface area contributed by atoms with Crippen LogP contribution in [0.4, 0.5) is 5.69 Å². The maximum atomic E-state index is 11.1. The maximum absolute atomic E-state index is 11.1. The van der Waals surface area contributed by atoms with Gasteiger partial charge >= 0.3 is 0 Å². The molecule has 2 rings (SSSR count). The number of primary amides is 1. The van der Waals surface area contributed by atoms with Gasteiger partial charge in [0.25, 0.3) is 0 Å². The number of nitrogens with zero attached hydrogens (tertiary/aromatic N) is 1. The Labute approximate surface area is 106 Å². The summed E-state index contributed by atoms with van der Waals surface area (Å²) in [6.07, 6.45) is 1.26. The number of aromatic hydroxyl groups is 1. The van der Waals surface area contributed by atoms with Gasteiger partial charge in [0, 0.05) is 31.5 Å². The number of benzene rings is 1. The zero-order chi connectivity index (χ0) is 13.1. The number of rotatable bonds is 4. The largest absolute Gasteiger partial charge is 0.508 e. The van der Waals surface area contributed by atoms with Gasteiger partial charge in [-0.2, -0.15) is 0 Å². The van der Waals surface area contributed by atoms with Gasteiger partial charge in [0.1, 0.15) is 5.75 Å². The minimum absolute atomic E-state index is 0.0484. The van der Waals surface area contributed by atoms with Crippen LogP contribution in [-0.2, 0) is 11.2 Å². The first-order valence-corrected chi connectivity index (χ1v) is 6.08. The van der Waals surface area contributed by atoms with Gasteiger partial charge in [0.2, 0.25) is 5.91 Å². The van der Waals surface area contributed by atoms with E-state index in [0.717, 1.165) is 24.2 Å². The molecule has 4 N–H and O–H groups in total. The van der Waals surface area contributed by atoms with Crippen molar-refractivity contribution in [2.24, 2.45) is 11.7 Å². The number of aliphatic hydroxyl groups is 1. The van der Waals surface area contributed by atoms with Crippen molar-refractivity contribution in [3.05, 3.63) is 23.8 Å². The van der Waals surface area contributed by atoms with E-state index in [9.17, 15) is 9.90 Å². The molecule has 1 aromatic carbocycles. The number of carbonyl (C=O) groups is 1. The van der Waals surface area contributed by atoms with E-state index in [4.69, 9.17) is 10.8 Å². The van der Waals surface area contributed by atoms with Crippen molar-refractivity contribution >= 4 is 11.6 Å². The molecular weight excluding hydrogens is 232 g/mol. The number of aliphatic hydroxyl groups excluding tert-OH is 1. The third-order valence-corrected chi connectivity index (χ3v) is 3.32. The molecule has 0 bridgehead atoms. The fourth-order valence-electron chi connectivity index (χ4n) is 2.34. The Morgan fingerprint density at radius 2 is 2.22 bits per heavy atom. The third kappa shape index (κ3) is 2.73. The summed E-state index contributed by atoms with van der Waals surface area (Å²) in [6.45, 7) is 1.40. The minimum atomic E-state index is -0.270. The Kier molecular flexibility index (Phi) is 3.72. The summed E-state index contributed by atoms with van der Waals surface area (Å²) in [4.78, 5) is 13.2. The molecule has 0 radical (unpaired) electrons. The molecule has 5 nitrogen and oxygen atoms in total. The number of phenols is 1. The SMILES string of the molecule is NC(=O)C1CCN(c2cc(O)cc(CCO)c2)C1. The van der Waals surface area contributed by atoms with Gasteiger partial charge in [0.15, 0.2) is 0 Å². The Hall–Kier alpha value is -1.75. The first-order chi connectivity index (χ1) is 8.60. The number of phenolic OH excluding ortho intramolecular Hbond substituents is 1.